The van der Waals surface area contributed by atoms with Crippen LogP contribution in [0.4, 0.5) is 8.78 Å². The highest BCUT2D eigenvalue weighted by atomic mass is 32.1. The molecule has 0 N–H and O–H groups in total. The number of aryl methyl sites for hydroxylation is 2. The van der Waals surface area contributed by atoms with Gasteiger partial charge >= 0.3 is 0 Å². The number of nitrogens with zero attached hydrogens (tertiary/aromatic N) is 3. The van der Waals surface area contributed by atoms with E-state index in [-0.39, 0.29) is 23.5 Å². The van der Waals surface area contributed by atoms with Crippen LogP contribution in [0, 0.1) is 6.92 Å². The highest BCUT2D eigenvalue weighted by Crippen LogP contribution is 2.37. The van der Waals surface area contributed by atoms with Crippen LogP contribution < -0.4 is 4.74 Å². The van der Waals surface area contributed by atoms with Gasteiger partial charge in [-0.25, -0.2) is 18.7 Å². The fourth-order valence-corrected chi connectivity index (χ4v) is 4.13. The maximum Gasteiger partial charge on any atom is 0.272 e. The molecule has 2 heterocycles. The summed E-state index contributed by atoms with van der Waals surface area (Å²) < 4.78 is 29.4. The van der Waals surface area contributed by atoms with Crippen LogP contribution in [0.3, 0.4) is 0 Å². The number of aromatic nitrogens is 2. The van der Waals surface area contributed by atoms with Crippen LogP contribution in [0.2, 0.25) is 0 Å². The Labute approximate surface area is 148 Å². The molecule has 2 aromatic heterocycles. The van der Waals surface area contributed by atoms with Gasteiger partial charge in [0, 0.05) is 13.1 Å². The van der Waals surface area contributed by atoms with Gasteiger partial charge in [-0.3, -0.25) is 4.79 Å². The van der Waals surface area contributed by atoms with Crippen molar-refractivity contribution in [2.24, 2.45) is 0 Å². The monoisotopic (exact) mass is 367 g/mol. The summed E-state index contributed by atoms with van der Waals surface area (Å²) in [6, 6.07) is 4.58. The van der Waals surface area contributed by atoms with Crippen LogP contribution in [0.1, 0.15) is 45.0 Å². The number of fused-ring (bicyclic) bond motifs is 1. The molecule has 0 saturated carbocycles. The molecule has 3 rings (SSSR count). The van der Waals surface area contributed by atoms with E-state index in [4.69, 9.17) is 4.74 Å². The van der Waals surface area contributed by atoms with E-state index >= 15 is 0 Å². The number of ether oxygens (including phenoxy) is 1. The summed E-state index contributed by atoms with van der Waals surface area (Å²) in [6.45, 7) is 1.22. The first-order valence-corrected chi connectivity index (χ1v) is 8.88. The normalized spacial score (nSPS) is 16.6. The van der Waals surface area contributed by atoms with Gasteiger partial charge in [-0.05, 0) is 32.3 Å². The number of carbonyl (C=O) groups excluding carboxylic acids is 1. The lowest BCUT2D eigenvalue weighted by Gasteiger charge is -2.30. The Morgan fingerprint density at radius 3 is 3.00 bits per heavy atom. The molecule has 1 amide bonds. The van der Waals surface area contributed by atoms with Gasteiger partial charge in [0.25, 0.3) is 12.3 Å². The summed E-state index contributed by atoms with van der Waals surface area (Å²) in [5, 5.41) is 0.998. The molecule has 1 aliphatic rings. The van der Waals surface area contributed by atoms with Crippen LogP contribution in [0.25, 0.3) is 0 Å². The third-order valence-corrected chi connectivity index (χ3v) is 5.23. The lowest BCUT2D eigenvalue weighted by atomic mass is 9.97. The Morgan fingerprint density at radius 1 is 1.44 bits per heavy atom. The predicted octanol–water partition coefficient (Wildman–Crippen LogP) is 3.64. The van der Waals surface area contributed by atoms with E-state index in [0.717, 1.165) is 34.8 Å². The molecule has 2 aromatic rings. The Morgan fingerprint density at radius 2 is 2.24 bits per heavy atom. The molecule has 0 bridgehead atoms. The van der Waals surface area contributed by atoms with Crippen molar-refractivity contribution in [2.45, 2.75) is 38.7 Å². The second kappa shape index (κ2) is 7.43. The number of thiazole rings is 1. The summed E-state index contributed by atoms with van der Waals surface area (Å²) in [5.74, 6) is -0.232. The first-order valence-electron chi connectivity index (χ1n) is 8.07. The maximum atomic E-state index is 12.8. The topological polar surface area (TPSA) is 55.3 Å². The number of carbonyl (C=O) groups is 1. The van der Waals surface area contributed by atoms with Gasteiger partial charge in [0.05, 0.1) is 21.6 Å². The molecule has 1 unspecified atom stereocenters. The van der Waals surface area contributed by atoms with Crippen molar-refractivity contribution < 1.29 is 18.3 Å². The van der Waals surface area contributed by atoms with Gasteiger partial charge in [-0.15, -0.1) is 11.3 Å². The van der Waals surface area contributed by atoms with Crippen molar-refractivity contribution in [3.05, 3.63) is 39.5 Å². The summed E-state index contributed by atoms with van der Waals surface area (Å²) in [5.41, 5.74) is 1.25. The van der Waals surface area contributed by atoms with E-state index in [1.807, 2.05) is 6.92 Å². The minimum atomic E-state index is -2.58. The van der Waals surface area contributed by atoms with E-state index < -0.39 is 13.0 Å². The van der Waals surface area contributed by atoms with E-state index in [1.165, 1.54) is 6.07 Å². The van der Waals surface area contributed by atoms with Gasteiger partial charge in [-0.2, -0.15) is 0 Å². The minimum absolute atomic E-state index is 0.0255. The zero-order valence-electron chi connectivity index (χ0n) is 14.0. The molecule has 0 saturated heterocycles. The van der Waals surface area contributed by atoms with E-state index in [9.17, 15) is 13.6 Å². The molecule has 0 spiro atoms. The number of hydrogen-bond donors (Lipinski definition) is 0. The van der Waals surface area contributed by atoms with Crippen LogP contribution >= 0.6 is 11.3 Å². The first-order chi connectivity index (χ1) is 12.0. The molecule has 1 atom stereocenters. The molecule has 5 nitrogen and oxygen atoms in total. The number of alkyl halides is 2. The van der Waals surface area contributed by atoms with E-state index in [1.54, 1.807) is 35.4 Å². The predicted molar refractivity (Wildman–Crippen MR) is 90.4 cm³/mol. The van der Waals surface area contributed by atoms with Crippen molar-refractivity contribution in [2.75, 3.05) is 13.7 Å². The molecule has 0 aliphatic heterocycles. The second-order valence-corrected chi connectivity index (χ2v) is 7.17. The summed E-state index contributed by atoms with van der Waals surface area (Å²) in [7, 11) is 1.74. The third-order valence-electron chi connectivity index (χ3n) is 4.12. The van der Waals surface area contributed by atoms with Crippen molar-refractivity contribution >= 4 is 17.2 Å². The number of pyridine rings is 1. The SMILES string of the molecule is Cc1nc2c(s1)C(N(C)C(=O)c1cccc(OCC(F)F)n1)CCC2. The largest absolute Gasteiger partial charge is 0.472 e. The van der Waals surface area contributed by atoms with Gasteiger partial charge in [0.1, 0.15) is 5.69 Å². The quantitative estimate of drug-likeness (QED) is 0.810. The summed E-state index contributed by atoms with van der Waals surface area (Å²) in [4.78, 5) is 24.2. The number of rotatable bonds is 5. The lowest BCUT2D eigenvalue weighted by Crippen LogP contribution is -2.33. The van der Waals surface area contributed by atoms with Crippen LogP contribution in [0.15, 0.2) is 18.2 Å². The maximum absolute atomic E-state index is 12.8. The first kappa shape index (κ1) is 17.7. The van der Waals surface area contributed by atoms with Gasteiger partial charge in [-0.1, -0.05) is 6.07 Å². The zero-order chi connectivity index (χ0) is 18.0. The van der Waals surface area contributed by atoms with Gasteiger partial charge < -0.3 is 9.64 Å². The van der Waals surface area contributed by atoms with E-state index in [0.29, 0.717) is 0 Å². The van der Waals surface area contributed by atoms with Crippen LogP contribution in [-0.2, 0) is 6.42 Å². The Kier molecular flexibility index (Phi) is 5.27. The van der Waals surface area contributed by atoms with Crippen molar-refractivity contribution in [3.8, 4) is 5.88 Å². The van der Waals surface area contributed by atoms with Crippen LogP contribution in [-0.4, -0.2) is 40.9 Å². The second-order valence-electron chi connectivity index (χ2n) is 5.93. The number of amides is 1. The molecule has 134 valence electrons. The van der Waals surface area contributed by atoms with Crippen molar-refractivity contribution in [1.82, 2.24) is 14.9 Å². The fourth-order valence-electron chi connectivity index (χ4n) is 2.97. The molecular formula is C17H19F2N3O2S. The van der Waals surface area contributed by atoms with Gasteiger partial charge in [0.15, 0.2) is 6.61 Å². The Hall–Kier alpha value is -2.09. The minimum Gasteiger partial charge on any atom is -0.472 e. The Bertz CT molecular complexity index is 766. The average molecular weight is 367 g/mol. The molecule has 25 heavy (non-hydrogen) atoms. The van der Waals surface area contributed by atoms with Crippen LogP contribution in [0.5, 0.6) is 5.88 Å². The molecule has 8 heteroatoms. The Balaban J connectivity index is 1.78. The summed E-state index contributed by atoms with van der Waals surface area (Å²) >= 11 is 1.62. The third kappa shape index (κ3) is 3.95. The molecule has 0 aromatic carbocycles. The molecular weight excluding hydrogens is 348 g/mol. The van der Waals surface area contributed by atoms with E-state index in [2.05, 4.69) is 9.97 Å². The van der Waals surface area contributed by atoms with Crippen molar-refractivity contribution in [1.29, 1.82) is 0 Å². The van der Waals surface area contributed by atoms with Gasteiger partial charge in [0.2, 0.25) is 5.88 Å². The smallest absolute Gasteiger partial charge is 0.272 e. The van der Waals surface area contributed by atoms with Crippen molar-refractivity contribution in [3.63, 3.8) is 0 Å². The number of hydrogen-bond acceptors (Lipinski definition) is 5. The highest BCUT2D eigenvalue weighted by Gasteiger charge is 2.30. The molecule has 0 fully saturated rings. The average Bonchev–Trinajstić information content (AvgIpc) is 2.99. The lowest BCUT2D eigenvalue weighted by molar-refractivity contribution is 0.0704. The number of halogens is 2. The molecule has 0 radical (unpaired) electrons. The molecule has 1 aliphatic carbocycles. The fraction of sp³-hybridized carbons (Fsp3) is 0.471. The standard InChI is InChI=1S/C17H19F2N3O2S/c1-10-20-11-5-3-7-13(16(11)25-10)22(2)17(23)12-6-4-8-15(21-12)24-9-14(18)19/h4,6,8,13-14H,3,5,7,9H2,1-2H3. The summed E-state index contributed by atoms with van der Waals surface area (Å²) in [6.07, 6.45) is 0.203. The zero-order valence-corrected chi connectivity index (χ0v) is 14.9. The highest BCUT2D eigenvalue weighted by molar-refractivity contribution is 7.11.